The highest BCUT2D eigenvalue weighted by molar-refractivity contribution is 6.36. The summed E-state index contributed by atoms with van der Waals surface area (Å²) in [6.07, 6.45) is 1.50. The number of anilines is 2. The summed E-state index contributed by atoms with van der Waals surface area (Å²) < 4.78 is 1.99. The number of aliphatic hydroxyl groups excluding tert-OH is 1. The van der Waals surface area contributed by atoms with Crippen molar-refractivity contribution in [2.75, 3.05) is 11.9 Å². The molecule has 0 saturated heterocycles. The van der Waals surface area contributed by atoms with Gasteiger partial charge in [0.25, 0.3) is 0 Å². The van der Waals surface area contributed by atoms with Gasteiger partial charge in [0.15, 0.2) is 0 Å². The molecule has 0 unspecified atom stereocenters. The van der Waals surface area contributed by atoms with Crippen LogP contribution in [0.4, 0.5) is 11.5 Å². The van der Waals surface area contributed by atoms with Crippen LogP contribution in [0, 0.1) is 13.8 Å². The van der Waals surface area contributed by atoms with Crippen LogP contribution in [0.1, 0.15) is 11.3 Å². The van der Waals surface area contributed by atoms with Crippen molar-refractivity contribution in [1.82, 2.24) is 14.5 Å². The van der Waals surface area contributed by atoms with E-state index in [9.17, 15) is 5.11 Å². The van der Waals surface area contributed by atoms with E-state index in [1.807, 2.05) is 24.5 Å². The molecule has 1 aromatic carbocycles. The van der Waals surface area contributed by atoms with Gasteiger partial charge in [-0.25, -0.2) is 9.97 Å². The summed E-state index contributed by atoms with van der Waals surface area (Å²) in [5.74, 6) is 0.677. The van der Waals surface area contributed by atoms with E-state index in [0.29, 0.717) is 22.4 Å². The lowest BCUT2D eigenvalue weighted by Gasteiger charge is -2.09. The summed E-state index contributed by atoms with van der Waals surface area (Å²) in [6.45, 7) is 4.57. The Balaban J connectivity index is 2.13. The summed E-state index contributed by atoms with van der Waals surface area (Å²) in [5.41, 5.74) is 3.64. The molecule has 2 N–H and O–H groups in total. The van der Waals surface area contributed by atoms with Crippen LogP contribution in [0.2, 0.25) is 10.0 Å². The van der Waals surface area contributed by atoms with Crippen LogP contribution in [-0.2, 0) is 6.54 Å². The predicted octanol–water partition coefficient (Wildman–Crippen LogP) is 4.09. The van der Waals surface area contributed by atoms with Crippen molar-refractivity contribution >= 4 is 45.7 Å². The summed E-state index contributed by atoms with van der Waals surface area (Å²) in [7, 11) is 0. The highest BCUT2D eigenvalue weighted by atomic mass is 35.5. The average molecular weight is 351 g/mol. The first-order valence-electron chi connectivity index (χ1n) is 7.16. The number of fused-ring (bicyclic) bond motifs is 1. The van der Waals surface area contributed by atoms with Gasteiger partial charge in [0.05, 0.1) is 22.7 Å². The van der Waals surface area contributed by atoms with Gasteiger partial charge in [-0.1, -0.05) is 23.2 Å². The Morgan fingerprint density at radius 1 is 1.22 bits per heavy atom. The molecule has 3 aromatic rings. The highest BCUT2D eigenvalue weighted by Gasteiger charge is 2.16. The van der Waals surface area contributed by atoms with E-state index in [-0.39, 0.29) is 6.61 Å². The second kappa shape index (κ2) is 6.35. The number of hydrogen-bond acceptors (Lipinski definition) is 4. The molecule has 0 amide bonds. The van der Waals surface area contributed by atoms with Crippen molar-refractivity contribution in [3.05, 3.63) is 45.8 Å². The second-order valence-corrected chi connectivity index (χ2v) is 6.10. The smallest absolute Gasteiger partial charge is 0.146 e. The summed E-state index contributed by atoms with van der Waals surface area (Å²) in [5, 5.41) is 14.5. The number of aromatic nitrogens is 3. The lowest BCUT2D eigenvalue weighted by atomic mass is 10.2. The molecule has 0 aliphatic carbocycles. The Hall–Kier alpha value is -1.82. The first-order chi connectivity index (χ1) is 11.0. The van der Waals surface area contributed by atoms with Crippen LogP contribution >= 0.6 is 23.2 Å². The molecule has 23 heavy (non-hydrogen) atoms. The van der Waals surface area contributed by atoms with Crippen molar-refractivity contribution in [2.24, 2.45) is 0 Å². The van der Waals surface area contributed by atoms with Crippen molar-refractivity contribution < 1.29 is 5.11 Å². The van der Waals surface area contributed by atoms with E-state index in [4.69, 9.17) is 23.2 Å². The third-order valence-corrected chi connectivity index (χ3v) is 4.46. The van der Waals surface area contributed by atoms with Crippen molar-refractivity contribution in [3.8, 4) is 0 Å². The normalized spacial score (nSPS) is 11.2. The molecule has 0 radical (unpaired) electrons. The molecule has 0 fully saturated rings. The maximum Gasteiger partial charge on any atom is 0.146 e. The Kier molecular flexibility index (Phi) is 4.43. The number of nitrogens with one attached hydrogen (secondary N) is 1. The van der Waals surface area contributed by atoms with Gasteiger partial charge in [-0.2, -0.15) is 0 Å². The molecule has 5 nitrogen and oxygen atoms in total. The Morgan fingerprint density at radius 2 is 2.00 bits per heavy atom. The molecule has 0 aliphatic rings. The van der Waals surface area contributed by atoms with E-state index in [1.54, 1.807) is 12.1 Å². The maximum absolute atomic E-state index is 9.27. The monoisotopic (exact) mass is 350 g/mol. The predicted molar refractivity (Wildman–Crippen MR) is 93.8 cm³/mol. The molecular formula is C16H16Cl2N4O. The van der Waals surface area contributed by atoms with Gasteiger partial charge < -0.3 is 15.0 Å². The Bertz CT molecular complexity index is 876. The van der Waals surface area contributed by atoms with Crippen LogP contribution < -0.4 is 5.32 Å². The Morgan fingerprint density at radius 3 is 2.70 bits per heavy atom. The summed E-state index contributed by atoms with van der Waals surface area (Å²) in [4.78, 5) is 8.72. The lowest BCUT2D eigenvalue weighted by molar-refractivity contribution is 0.276. The molecular weight excluding hydrogens is 335 g/mol. The van der Waals surface area contributed by atoms with Crippen molar-refractivity contribution in [1.29, 1.82) is 0 Å². The number of nitrogens with zero attached hydrogens (tertiary/aromatic N) is 3. The minimum Gasteiger partial charge on any atom is -0.395 e. The molecule has 0 aliphatic heterocycles. The van der Waals surface area contributed by atoms with Crippen LogP contribution in [0.3, 0.4) is 0 Å². The van der Waals surface area contributed by atoms with Crippen molar-refractivity contribution in [2.45, 2.75) is 20.4 Å². The first-order valence-corrected chi connectivity index (χ1v) is 7.92. The SMILES string of the molecule is Cc1c(C)n(CCO)c2ncnc(Nc3ccc(Cl)cc3Cl)c12. The van der Waals surface area contributed by atoms with E-state index >= 15 is 0 Å². The van der Waals surface area contributed by atoms with Crippen LogP contribution in [-0.4, -0.2) is 26.2 Å². The number of aryl methyl sites for hydroxylation is 1. The van der Waals surface area contributed by atoms with E-state index in [0.717, 1.165) is 28.0 Å². The number of rotatable bonds is 4. The largest absolute Gasteiger partial charge is 0.395 e. The van der Waals surface area contributed by atoms with Crippen LogP contribution in [0.5, 0.6) is 0 Å². The fourth-order valence-corrected chi connectivity index (χ4v) is 3.11. The quantitative estimate of drug-likeness (QED) is 0.743. The number of halogens is 2. The van der Waals surface area contributed by atoms with E-state index in [1.165, 1.54) is 6.33 Å². The van der Waals surface area contributed by atoms with Gasteiger partial charge >= 0.3 is 0 Å². The van der Waals surface area contributed by atoms with Crippen molar-refractivity contribution in [3.63, 3.8) is 0 Å². The third kappa shape index (κ3) is 2.87. The molecule has 7 heteroatoms. The van der Waals surface area contributed by atoms with Crippen LogP contribution in [0.25, 0.3) is 11.0 Å². The zero-order valence-electron chi connectivity index (χ0n) is 12.8. The Labute approximate surface area is 143 Å². The maximum atomic E-state index is 9.27. The standard InChI is InChI=1S/C16H16Cl2N4O/c1-9-10(2)22(5-6-23)16-14(9)15(19-8-20-16)21-13-4-3-11(17)7-12(13)18/h3-4,7-8,23H,5-6H2,1-2H3,(H,19,20,21). The molecule has 0 spiro atoms. The first kappa shape index (κ1) is 16.1. The lowest BCUT2D eigenvalue weighted by Crippen LogP contribution is -2.05. The van der Waals surface area contributed by atoms with E-state index in [2.05, 4.69) is 15.3 Å². The molecule has 0 saturated carbocycles. The fraction of sp³-hybridized carbons (Fsp3) is 0.250. The highest BCUT2D eigenvalue weighted by Crippen LogP contribution is 2.33. The van der Waals surface area contributed by atoms with Gasteiger partial charge in [-0.05, 0) is 37.6 Å². The second-order valence-electron chi connectivity index (χ2n) is 5.26. The van der Waals surface area contributed by atoms with Gasteiger partial charge in [-0.15, -0.1) is 0 Å². The summed E-state index contributed by atoms with van der Waals surface area (Å²) >= 11 is 12.2. The van der Waals surface area contributed by atoms with Gasteiger partial charge in [0, 0.05) is 17.3 Å². The van der Waals surface area contributed by atoms with Gasteiger partial charge in [0.2, 0.25) is 0 Å². The molecule has 0 bridgehead atoms. The third-order valence-electron chi connectivity index (χ3n) is 3.91. The fourth-order valence-electron chi connectivity index (χ4n) is 2.66. The zero-order chi connectivity index (χ0) is 16.6. The molecule has 2 aromatic heterocycles. The topological polar surface area (TPSA) is 63.0 Å². The number of aliphatic hydroxyl groups is 1. The summed E-state index contributed by atoms with van der Waals surface area (Å²) in [6, 6.07) is 5.26. The molecule has 2 heterocycles. The molecule has 120 valence electrons. The number of hydrogen-bond donors (Lipinski definition) is 2. The van der Waals surface area contributed by atoms with E-state index < -0.39 is 0 Å². The minimum absolute atomic E-state index is 0.0554. The number of benzene rings is 1. The molecule has 0 atom stereocenters. The molecule has 3 rings (SSSR count). The van der Waals surface area contributed by atoms with Crippen LogP contribution in [0.15, 0.2) is 24.5 Å². The van der Waals surface area contributed by atoms with Gasteiger partial charge in [-0.3, -0.25) is 0 Å². The van der Waals surface area contributed by atoms with Gasteiger partial charge in [0.1, 0.15) is 17.8 Å². The minimum atomic E-state index is 0.0554. The zero-order valence-corrected chi connectivity index (χ0v) is 14.3. The average Bonchev–Trinajstić information content (AvgIpc) is 2.76.